The molecular formula is C15H20BrN. The number of hydrogen-bond donors (Lipinski definition) is 1. The highest BCUT2D eigenvalue weighted by molar-refractivity contribution is 9.10. The zero-order valence-electron chi connectivity index (χ0n) is 10.6. The SMILES string of the molecule is CC1(C)CC1CNC1CCc2cc(Br)ccc21. The first kappa shape index (κ1) is 11.7. The molecule has 3 rings (SSSR count). The van der Waals surface area contributed by atoms with E-state index in [4.69, 9.17) is 0 Å². The van der Waals surface area contributed by atoms with E-state index in [1.54, 1.807) is 0 Å². The van der Waals surface area contributed by atoms with Gasteiger partial charge >= 0.3 is 0 Å². The van der Waals surface area contributed by atoms with Gasteiger partial charge in [-0.3, -0.25) is 0 Å². The Bertz CT molecular complexity index is 439. The molecule has 1 aromatic carbocycles. The molecule has 1 fully saturated rings. The lowest BCUT2D eigenvalue weighted by Crippen LogP contribution is -2.22. The van der Waals surface area contributed by atoms with E-state index in [1.807, 2.05) is 0 Å². The molecule has 1 N–H and O–H groups in total. The van der Waals surface area contributed by atoms with Crippen LogP contribution in [0.15, 0.2) is 22.7 Å². The van der Waals surface area contributed by atoms with Gasteiger partial charge in [-0.25, -0.2) is 0 Å². The second-order valence-electron chi connectivity index (χ2n) is 6.23. The van der Waals surface area contributed by atoms with Crippen LogP contribution in [0.4, 0.5) is 0 Å². The van der Waals surface area contributed by atoms with Crippen molar-refractivity contribution in [2.24, 2.45) is 11.3 Å². The Balaban J connectivity index is 1.64. The van der Waals surface area contributed by atoms with Crippen LogP contribution in [0.2, 0.25) is 0 Å². The Morgan fingerprint density at radius 2 is 2.18 bits per heavy atom. The fraction of sp³-hybridized carbons (Fsp3) is 0.600. The third-order valence-electron chi connectivity index (χ3n) is 4.51. The second kappa shape index (κ2) is 4.10. The van der Waals surface area contributed by atoms with Gasteiger partial charge in [0.1, 0.15) is 0 Å². The molecule has 92 valence electrons. The molecule has 0 bridgehead atoms. The highest BCUT2D eigenvalue weighted by atomic mass is 79.9. The number of rotatable bonds is 3. The molecule has 1 aromatic rings. The molecule has 1 saturated carbocycles. The largest absolute Gasteiger partial charge is 0.310 e. The molecule has 2 atom stereocenters. The van der Waals surface area contributed by atoms with Crippen LogP contribution in [0.25, 0.3) is 0 Å². The van der Waals surface area contributed by atoms with E-state index in [2.05, 4.69) is 53.3 Å². The Morgan fingerprint density at radius 1 is 1.41 bits per heavy atom. The topological polar surface area (TPSA) is 12.0 Å². The summed E-state index contributed by atoms with van der Waals surface area (Å²) in [4.78, 5) is 0. The van der Waals surface area contributed by atoms with Crippen LogP contribution in [0.1, 0.15) is 43.9 Å². The van der Waals surface area contributed by atoms with Crippen molar-refractivity contribution in [3.63, 3.8) is 0 Å². The molecule has 0 spiro atoms. The quantitative estimate of drug-likeness (QED) is 0.886. The smallest absolute Gasteiger partial charge is 0.0326 e. The molecule has 2 aliphatic rings. The van der Waals surface area contributed by atoms with Gasteiger partial charge in [0, 0.05) is 10.5 Å². The van der Waals surface area contributed by atoms with Gasteiger partial charge in [0.05, 0.1) is 0 Å². The van der Waals surface area contributed by atoms with Crippen molar-refractivity contribution >= 4 is 15.9 Å². The first-order valence-corrected chi connectivity index (χ1v) is 7.37. The van der Waals surface area contributed by atoms with E-state index < -0.39 is 0 Å². The highest BCUT2D eigenvalue weighted by Crippen LogP contribution is 2.51. The van der Waals surface area contributed by atoms with Crippen LogP contribution in [-0.2, 0) is 6.42 Å². The molecule has 0 aromatic heterocycles. The van der Waals surface area contributed by atoms with E-state index >= 15 is 0 Å². The van der Waals surface area contributed by atoms with Crippen LogP contribution in [0, 0.1) is 11.3 Å². The van der Waals surface area contributed by atoms with Crippen LogP contribution >= 0.6 is 15.9 Å². The monoisotopic (exact) mass is 293 g/mol. The van der Waals surface area contributed by atoms with Gasteiger partial charge in [-0.1, -0.05) is 35.8 Å². The summed E-state index contributed by atoms with van der Waals surface area (Å²) in [6, 6.07) is 7.31. The molecule has 2 aliphatic carbocycles. The van der Waals surface area contributed by atoms with Crippen molar-refractivity contribution in [2.45, 2.75) is 39.2 Å². The number of nitrogens with one attached hydrogen (secondary N) is 1. The number of hydrogen-bond acceptors (Lipinski definition) is 1. The second-order valence-corrected chi connectivity index (χ2v) is 7.15. The zero-order chi connectivity index (χ0) is 12.0. The predicted octanol–water partition coefficient (Wildman–Crippen LogP) is 4.07. The standard InChI is InChI=1S/C15H20BrN/c1-15(2)8-11(15)9-17-14-6-3-10-7-12(16)4-5-13(10)14/h4-5,7,11,14,17H,3,6,8-9H2,1-2H3. The highest BCUT2D eigenvalue weighted by Gasteiger charge is 2.45. The lowest BCUT2D eigenvalue weighted by atomic mass is 10.1. The summed E-state index contributed by atoms with van der Waals surface area (Å²) in [6.07, 6.45) is 3.87. The van der Waals surface area contributed by atoms with Crippen molar-refractivity contribution < 1.29 is 0 Å². The first-order chi connectivity index (χ1) is 8.06. The summed E-state index contributed by atoms with van der Waals surface area (Å²) in [6.45, 7) is 5.94. The van der Waals surface area contributed by atoms with E-state index in [0.717, 1.165) is 5.92 Å². The molecule has 0 aliphatic heterocycles. The Hall–Kier alpha value is -0.340. The van der Waals surface area contributed by atoms with Gasteiger partial charge in [0.2, 0.25) is 0 Å². The third kappa shape index (κ3) is 2.30. The maximum absolute atomic E-state index is 3.76. The van der Waals surface area contributed by atoms with Gasteiger partial charge in [0.25, 0.3) is 0 Å². The molecule has 17 heavy (non-hydrogen) atoms. The van der Waals surface area contributed by atoms with E-state index in [9.17, 15) is 0 Å². The minimum Gasteiger partial charge on any atom is -0.310 e. The summed E-state index contributed by atoms with van der Waals surface area (Å²) < 4.78 is 1.21. The lowest BCUT2D eigenvalue weighted by molar-refractivity contribution is 0.466. The summed E-state index contributed by atoms with van der Waals surface area (Å²) in [7, 11) is 0. The van der Waals surface area contributed by atoms with E-state index in [-0.39, 0.29) is 0 Å². The Morgan fingerprint density at radius 3 is 2.88 bits per heavy atom. The minimum absolute atomic E-state index is 0.591. The van der Waals surface area contributed by atoms with Crippen LogP contribution in [0.3, 0.4) is 0 Å². The first-order valence-electron chi connectivity index (χ1n) is 6.58. The van der Waals surface area contributed by atoms with Crippen molar-refractivity contribution in [3.8, 4) is 0 Å². The summed E-state index contributed by atoms with van der Waals surface area (Å²) in [5.41, 5.74) is 3.63. The number of aryl methyl sites for hydroxylation is 1. The van der Waals surface area contributed by atoms with Crippen LogP contribution < -0.4 is 5.32 Å². The normalized spacial score (nSPS) is 29.1. The number of benzene rings is 1. The fourth-order valence-corrected chi connectivity index (χ4v) is 3.42. The number of fused-ring (bicyclic) bond motifs is 1. The van der Waals surface area contributed by atoms with Crippen molar-refractivity contribution in [1.29, 1.82) is 0 Å². The fourth-order valence-electron chi connectivity index (χ4n) is 3.01. The Labute approximate surface area is 112 Å². The van der Waals surface area contributed by atoms with E-state index in [0.29, 0.717) is 11.5 Å². The van der Waals surface area contributed by atoms with Gasteiger partial charge in [-0.2, -0.15) is 0 Å². The molecule has 0 amide bonds. The molecule has 0 saturated heterocycles. The minimum atomic E-state index is 0.591. The summed E-state index contributed by atoms with van der Waals surface area (Å²) in [5.74, 6) is 0.891. The molecule has 1 nitrogen and oxygen atoms in total. The lowest BCUT2D eigenvalue weighted by Gasteiger charge is -2.14. The summed E-state index contributed by atoms with van der Waals surface area (Å²) in [5, 5.41) is 3.76. The maximum atomic E-state index is 3.76. The van der Waals surface area contributed by atoms with Crippen molar-refractivity contribution in [2.75, 3.05) is 6.54 Å². The van der Waals surface area contributed by atoms with Gasteiger partial charge in [-0.05, 0) is 60.4 Å². The van der Waals surface area contributed by atoms with Gasteiger partial charge in [-0.15, -0.1) is 0 Å². The predicted molar refractivity (Wildman–Crippen MR) is 75.1 cm³/mol. The molecule has 2 unspecified atom stereocenters. The van der Waals surface area contributed by atoms with Gasteiger partial charge in [0.15, 0.2) is 0 Å². The Kier molecular flexibility index (Phi) is 2.83. The van der Waals surface area contributed by atoms with Crippen LogP contribution in [-0.4, -0.2) is 6.54 Å². The average Bonchev–Trinajstić information content (AvgIpc) is 2.71. The maximum Gasteiger partial charge on any atom is 0.0326 e. The van der Waals surface area contributed by atoms with Crippen molar-refractivity contribution in [1.82, 2.24) is 5.32 Å². The average molecular weight is 294 g/mol. The molecule has 2 heteroatoms. The molecular weight excluding hydrogens is 274 g/mol. The molecule has 0 radical (unpaired) electrons. The number of halogens is 1. The van der Waals surface area contributed by atoms with Crippen LogP contribution in [0.5, 0.6) is 0 Å². The van der Waals surface area contributed by atoms with Gasteiger partial charge < -0.3 is 5.32 Å². The molecule has 0 heterocycles. The summed E-state index contributed by atoms with van der Waals surface area (Å²) >= 11 is 3.55. The van der Waals surface area contributed by atoms with Crippen molar-refractivity contribution in [3.05, 3.63) is 33.8 Å². The zero-order valence-corrected chi connectivity index (χ0v) is 12.2. The third-order valence-corrected chi connectivity index (χ3v) is 5.00. The van der Waals surface area contributed by atoms with E-state index in [1.165, 1.54) is 41.4 Å².